The van der Waals surface area contributed by atoms with Crippen LogP contribution in [0.2, 0.25) is 0 Å². The SMILES string of the molecule is C=CC(=O)OCCCCOc1ccc(C(=O)O)cc1.C=CC(=O)OCCCCOc1ccc(C(=O)O)cc1.Oc1ccc(O)cc1. The van der Waals surface area contributed by atoms with Gasteiger partial charge in [0.1, 0.15) is 23.0 Å². The highest BCUT2D eigenvalue weighted by Crippen LogP contribution is 2.14. The molecule has 246 valence electrons. The number of phenols is 2. The Kier molecular flexibility index (Phi) is 18.9. The predicted molar refractivity (Wildman–Crippen MR) is 168 cm³/mol. The second-order valence-corrected chi connectivity index (χ2v) is 9.03. The van der Waals surface area contributed by atoms with E-state index in [2.05, 4.69) is 13.2 Å². The van der Waals surface area contributed by atoms with Gasteiger partial charge in [0.05, 0.1) is 37.6 Å². The molecule has 0 aliphatic rings. The van der Waals surface area contributed by atoms with E-state index in [1.807, 2.05) is 0 Å². The summed E-state index contributed by atoms with van der Waals surface area (Å²) in [5.74, 6) is -1.20. The molecule has 0 heterocycles. The van der Waals surface area contributed by atoms with E-state index in [0.29, 0.717) is 50.8 Å². The van der Waals surface area contributed by atoms with Crippen LogP contribution >= 0.6 is 0 Å². The number of aromatic hydroxyl groups is 2. The number of unbranched alkanes of at least 4 members (excludes halogenated alkanes) is 2. The minimum absolute atomic E-state index is 0.169. The van der Waals surface area contributed by atoms with Gasteiger partial charge in [-0.2, -0.15) is 0 Å². The monoisotopic (exact) mass is 638 g/mol. The topological polar surface area (TPSA) is 186 Å². The van der Waals surface area contributed by atoms with Gasteiger partial charge in [0.2, 0.25) is 0 Å². The summed E-state index contributed by atoms with van der Waals surface area (Å²) in [6.45, 7) is 8.23. The van der Waals surface area contributed by atoms with Crippen molar-refractivity contribution in [1.29, 1.82) is 0 Å². The summed E-state index contributed by atoms with van der Waals surface area (Å²) in [5.41, 5.74) is 0.451. The first-order chi connectivity index (χ1) is 22.0. The third kappa shape index (κ3) is 18.0. The highest BCUT2D eigenvalue weighted by Gasteiger charge is 2.03. The molecule has 46 heavy (non-hydrogen) atoms. The van der Waals surface area contributed by atoms with Crippen molar-refractivity contribution in [3.8, 4) is 23.0 Å². The van der Waals surface area contributed by atoms with E-state index in [-0.39, 0.29) is 22.6 Å². The summed E-state index contributed by atoms with van der Waals surface area (Å²) < 4.78 is 20.5. The average molecular weight is 639 g/mol. The number of benzene rings is 3. The smallest absolute Gasteiger partial charge is 0.335 e. The Balaban J connectivity index is 0.000000372. The quantitative estimate of drug-likeness (QED) is 0.0655. The summed E-state index contributed by atoms with van der Waals surface area (Å²) in [6, 6.07) is 18.1. The van der Waals surface area contributed by atoms with Crippen molar-refractivity contribution < 1.29 is 58.6 Å². The fraction of sp³-hybridized carbons (Fsp3) is 0.235. The molecule has 0 aliphatic heterocycles. The number of aromatic carboxylic acids is 2. The zero-order chi connectivity index (χ0) is 34.2. The summed E-state index contributed by atoms with van der Waals surface area (Å²) >= 11 is 0. The molecule has 0 atom stereocenters. The number of carbonyl (C=O) groups is 4. The molecular formula is C34H38O12. The molecule has 3 aromatic rings. The maximum Gasteiger partial charge on any atom is 0.335 e. The fourth-order valence-electron chi connectivity index (χ4n) is 3.09. The van der Waals surface area contributed by atoms with Crippen LogP contribution in [0.4, 0.5) is 0 Å². The van der Waals surface area contributed by atoms with Crippen LogP contribution in [0.5, 0.6) is 23.0 Å². The van der Waals surface area contributed by atoms with Crippen molar-refractivity contribution in [2.24, 2.45) is 0 Å². The van der Waals surface area contributed by atoms with Crippen LogP contribution in [0, 0.1) is 0 Å². The van der Waals surface area contributed by atoms with Crippen molar-refractivity contribution >= 4 is 23.9 Å². The van der Waals surface area contributed by atoms with Gasteiger partial charge < -0.3 is 39.4 Å². The van der Waals surface area contributed by atoms with Gasteiger partial charge >= 0.3 is 23.9 Å². The van der Waals surface area contributed by atoms with E-state index in [1.165, 1.54) is 48.5 Å². The van der Waals surface area contributed by atoms with Crippen molar-refractivity contribution in [3.05, 3.63) is 109 Å². The Bertz CT molecular complexity index is 1260. The van der Waals surface area contributed by atoms with Gasteiger partial charge in [0.25, 0.3) is 0 Å². The Morgan fingerprint density at radius 3 is 1.11 bits per heavy atom. The molecule has 0 radical (unpaired) electrons. The summed E-state index contributed by atoms with van der Waals surface area (Å²) in [6.07, 6.45) is 5.14. The Morgan fingerprint density at radius 2 is 0.826 bits per heavy atom. The number of esters is 2. The molecule has 0 amide bonds. The Labute approximate surface area is 266 Å². The van der Waals surface area contributed by atoms with E-state index in [9.17, 15) is 19.2 Å². The Hall–Kier alpha value is -5.78. The number of carboxylic acids is 2. The number of ether oxygens (including phenoxy) is 4. The average Bonchev–Trinajstić information content (AvgIpc) is 3.06. The molecule has 0 aromatic heterocycles. The molecule has 3 rings (SSSR count). The van der Waals surface area contributed by atoms with Crippen molar-refractivity contribution in [1.82, 2.24) is 0 Å². The number of phenolic OH excluding ortho intramolecular Hbond substituents is 2. The largest absolute Gasteiger partial charge is 0.508 e. The molecule has 12 nitrogen and oxygen atoms in total. The zero-order valence-electron chi connectivity index (χ0n) is 25.2. The first kappa shape index (κ1) is 38.2. The number of carbonyl (C=O) groups excluding carboxylic acids is 2. The van der Waals surface area contributed by atoms with Crippen molar-refractivity contribution in [2.45, 2.75) is 25.7 Å². The minimum Gasteiger partial charge on any atom is -0.508 e. The van der Waals surface area contributed by atoms with Crippen LogP contribution in [0.3, 0.4) is 0 Å². The number of carboxylic acid groups (broad SMARTS) is 2. The third-order valence-electron chi connectivity index (χ3n) is 5.49. The van der Waals surface area contributed by atoms with Crippen LogP contribution < -0.4 is 9.47 Å². The standard InChI is InChI=1S/2C14H16O5.C6H6O2/c2*1-2-13(15)19-10-4-3-9-18-12-7-5-11(6-8-12)14(16)17;7-5-1-2-6(8)4-3-5/h2*2,5-8H,1,3-4,9-10H2,(H,16,17);1-4,7-8H. The molecule has 12 heteroatoms. The van der Waals surface area contributed by atoms with Gasteiger partial charge in [-0.25, -0.2) is 19.2 Å². The van der Waals surface area contributed by atoms with Crippen molar-refractivity contribution in [3.63, 3.8) is 0 Å². The van der Waals surface area contributed by atoms with E-state index >= 15 is 0 Å². The summed E-state index contributed by atoms with van der Waals surface area (Å²) in [7, 11) is 0. The molecule has 0 unspecified atom stereocenters. The summed E-state index contributed by atoms with van der Waals surface area (Å²) in [5, 5.41) is 34.7. The lowest BCUT2D eigenvalue weighted by Crippen LogP contribution is -2.04. The molecule has 0 saturated carbocycles. The van der Waals surface area contributed by atoms with Gasteiger partial charge in [-0.3, -0.25) is 0 Å². The van der Waals surface area contributed by atoms with Crippen LogP contribution in [0.1, 0.15) is 46.4 Å². The molecule has 0 fully saturated rings. The zero-order valence-corrected chi connectivity index (χ0v) is 25.2. The molecular weight excluding hydrogens is 600 g/mol. The lowest BCUT2D eigenvalue weighted by atomic mass is 10.2. The van der Waals surface area contributed by atoms with E-state index in [4.69, 9.17) is 39.4 Å². The van der Waals surface area contributed by atoms with Gasteiger partial charge in [-0.05, 0) is 98.5 Å². The van der Waals surface area contributed by atoms with Gasteiger partial charge in [0.15, 0.2) is 0 Å². The highest BCUT2D eigenvalue weighted by molar-refractivity contribution is 5.88. The second kappa shape index (κ2) is 22.7. The van der Waals surface area contributed by atoms with Crippen LogP contribution in [-0.4, -0.2) is 70.7 Å². The van der Waals surface area contributed by atoms with Crippen molar-refractivity contribution in [2.75, 3.05) is 26.4 Å². The highest BCUT2D eigenvalue weighted by atomic mass is 16.5. The lowest BCUT2D eigenvalue weighted by molar-refractivity contribution is -0.138. The van der Waals surface area contributed by atoms with Gasteiger partial charge in [-0.15, -0.1) is 0 Å². The first-order valence-electron chi connectivity index (χ1n) is 14.0. The normalized spacial score (nSPS) is 9.57. The van der Waals surface area contributed by atoms with Crippen LogP contribution in [0.15, 0.2) is 98.1 Å². The number of hydrogen-bond acceptors (Lipinski definition) is 10. The lowest BCUT2D eigenvalue weighted by Gasteiger charge is -2.06. The van der Waals surface area contributed by atoms with Gasteiger partial charge in [0, 0.05) is 12.2 Å². The first-order valence-corrected chi connectivity index (χ1v) is 14.0. The molecule has 3 aromatic carbocycles. The number of hydrogen-bond donors (Lipinski definition) is 4. The third-order valence-corrected chi connectivity index (χ3v) is 5.49. The predicted octanol–water partition coefficient (Wildman–Crippen LogP) is 5.64. The van der Waals surface area contributed by atoms with Crippen LogP contribution in [-0.2, 0) is 19.1 Å². The fourth-order valence-corrected chi connectivity index (χ4v) is 3.09. The minimum atomic E-state index is -0.962. The van der Waals surface area contributed by atoms with E-state index in [1.54, 1.807) is 24.3 Å². The molecule has 0 saturated heterocycles. The van der Waals surface area contributed by atoms with E-state index in [0.717, 1.165) is 25.0 Å². The maximum absolute atomic E-state index is 10.7. The number of rotatable bonds is 16. The maximum atomic E-state index is 10.7. The van der Waals surface area contributed by atoms with Gasteiger partial charge in [-0.1, -0.05) is 13.2 Å². The molecule has 0 bridgehead atoms. The molecule has 0 aliphatic carbocycles. The van der Waals surface area contributed by atoms with E-state index < -0.39 is 23.9 Å². The molecule has 4 N–H and O–H groups in total. The second-order valence-electron chi connectivity index (χ2n) is 9.03. The molecule has 0 spiro atoms. The summed E-state index contributed by atoms with van der Waals surface area (Å²) in [4.78, 5) is 42.7. The Morgan fingerprint density at radius 1 is 0.522 bits per heavy atom. The van der Waals surface area contributed by atoms with Crippen LogP contribution in [0.25, 0.3) is 0 Å².